The first kappa shape index (κ1) is 17.8. The van der Waals surface area contributed by atoms with E-state index in [2.05, 4.69) is 33.5 Å². The van der Waals surface area contributed by atoms with Crippen LogP contribution in [0.1, 0.15) is 26.3 Å². The van der Waals surface area contributed by atoms with Crippen LogP contribution in [0.4, 0.5) is 0 Å². The van der Waals surface area contributed by atoms with Gasteiger partial charge in [-0.1, -0.05) is 6.92 Å². The third-order valence-electron chi connectivity index (χ3n) is 2.88. The van der Waals surface area contributed by atoms with Gasteiger partial charge < -0.3 is 20.1 Å². The van der Waals surface area contributed by atoms with Gasteiger partial charge in [-0.05, 0) is 54.0 Å². The number of carbonyl (C=O) groups is 1. The summed E-state index contributed by atoms with van der Waals surface area (Å²) in [4.78, 5) is 11.8. The Balaban J connectivity index is 2.93. The Morgan fingerprint density at radius 1 is 1.33 bits per heavy atom. The maximum Gasteiger partial charge on any atom is 0.260 e. The Labute approximate surface area is 134 Å². The highest BCUT2D eigenvalue weighted by atomic mass is 79.9. The van der Waals surface area contributed by atoms with Crippen LogP contribution in [0, 0.1) is 0 Å². The molecule has 2 N–H and O–H groups in total. The summed E-state index contributed by atoms with van der Waals surface area (Å²) >= 11 is 3.48. The highest BCUT2D eigenvalue weighted by Gasteiger charge is 2.19. The van der Waals surface area contributed by atoms with Crippen molar-refractivity contribution in [2.75, 3.05) is 20.2 Å². The molecule has 1 amide bonds. The summed E-state index contributed by atoms with van der Waals surface area (Å²) in [7, 11) is 1.59. The van der Waals surface area contributed by atoms with Crippen molar-refractivity contribution in [3.8, 4) is 11.5 Å². The number of amides is 1. The highest BCUT2D eigenvalue weighted by molar-refractivity contribution is 9.10. The monoisotopic (exact) mass is 358 g/mol. The maximum absolute atomic E-state index is 11.8. The molecule has 1 unspecified atom stereocenters. The van der Waals surface area contributed by atoms with E-state index in [-0.39, 0.29) is 5.91 Å². The largest absolute Gasteiger partial charge is 0.493 e. The van der Waals surface area contributed by atoms with Crippen molar-refractivity contribution in [3.05, 3.63) is 22.2 Å². The summed E-state index contributed by atoms with van der Waals surface area (Å²) in [5.41, 5.74) is 1.08. The number of rotatable bonds is 8. The van der Waals surface area contributed by atoms with Crippen LogP contribution in [0.25, 0.3) is 0 Å². The van der Waals surface area contributed by atoms with E-state index < -0.39 is 6.10 Å². The Kier molecular flexibility index (Phi) is 7.53. The van der Waals surface area contributed by atoms with Gasteiger partial charge in [0, 0.05) is 13.1 Å². The smallest absolute Gasteiger partial charge is 0.260 e. The number of carbonyl (C=O) groups excluding carboxylic acids is 1. The minimum absolute atomic E-state index is 0.150. The van der Waals surface area contributed by atoms with Crippen molar-refractivity contribution in [2.24, 2.45) is 0 Å². The third-order valence-corrected chi connectivity index (χ3v) is 3.47. The zero-order valence-corrected chi connectivity index (χ0v) is 14.5. The second kappa shape index (κ2) is 8.89. The van der Waals surface area contributed by atoms with Crippen molar-refractivity contribution in [2.45, 2.75) is 33.4 Å². The Morgan fingerprint density at radius 2 is 2.05 bits per heavy atom. The van der Waals surface area contributed by atoms with E-state index in [1.165, 1.54) is 0 Å². The van der Waals surface area contributed by atoms with Crippen molar-refractivity contribution in [1.82, 2.24) is 10.6 Å². The minimum Gasteiger partial charge on any atom is -0.493 e. The minimum atomic E-state index is -0.588. The molecule has 0 fully saturated rings. The van der Waals surface area contributed by atoms with Crippen molar-refractivity contribution in [3.63, 3.8) is 0 Å². The van der Waals surface area contributed by atoms with E-state index in [0.717, 1.165) is 23.1 Å². The van der Waals surface area contributed by atoms with E-state index in [1.54, 1.807) is 14.0 Å². The van der Waals surface area contributed by atoms with Crippen LogP contribution in [-0.2, 0) is 11.3 Å². The molecule has 0 spiro atoms. The molecular formula is C15H23BrN2O3. The summed E-state index contributed by atoms with van der Waals surface area (Å²) in [5, 5.41) is 5.99. The van der Waals surface area contributed by atoms with Gasteiger partial charge in [-0.15, -0.1) is 0 Å². The van der Waals surface area contributed by atoms with Gasteiger partial charge >= 0.3 is 0 Å². The topological polar surface area (TPSA) is 59.6 Å². The molecule has 0 aliphatic heterocycles. The lowest BCUT2D eigenvalue weighted by Gasteiger charge is -2.18. The van der Waals surface area contributed by atoms with Crippen LogP contribution in [0.15, 0.2) is 16.6 Å². The lowest BCUT2D eigenvalue weighted by atomic mass is 10.2. The fourth-order valence-corrected chi connectivity index (χ4v) is 2.39. The number of ether oxygens (including phenoxy) is 2. The van der Waals surface area contributed by atoms with E-state index in [4.69, 9.17) is 9.47 Å². The quantitative estimate of drug-likeness (QED) is 0.749. The molecule has 1 atom stereocenters. The van der Waals surface area contributed by atoms with Crippen LogP contribution in [0.3, 0.4) is 0 Å². The second-order valence-electron chi connectivity index (χ2n) is 4.54. The molecule has 5 nitrogen and oxygen atoms in total. The first-order valence-corrected chi connectivity index (χ1v) is 7.84. The maximum atomic E-state index is 11.8. The van der Waals surface area contributed by atoms with Crippen LogP contribution in [-0.4, -0.2) is 32.2 Å². The van der Waals surface area contributed by atoms with E-state index >= 15 is 0 Å². The molecule has 0 heterocycles. The lowest BCUT2D eigenvalue weighted by molar-refractivity contribution is -0.127. The van der Waals surface area contributed by atoms with E-state index in [9.17, 15) is 4.79 Å². The predicted octanol–water partition coefficient (Wildman–Crippen LogP) is 2.47. The van der Waals surface area contributed by atoms with Crippen LogP contribution >= 0.6 is 15.9 Å². The molecule has 0 saturated carbocycles. The first-order chi connectivity index (χ1) is 10.0. The third kappa shape index (κ3) is 5.21. The van der Waals surface area contributed by atoms with Crippen molar-refractivity contribution in [1.29, 1.82) is 0 Å². The van der Waals surface area contributed by atoms with Gasteiger partial charge in [-0.25, -0.2) is 0 Å². The molecular weight excluding hydrogens is 336 g/mol. The van der Waals surface area contributed by atoms with Gasteiger partial charge in [0.1, 0.15) is 0 Å². The van der Waals surface area contributed by atoms with Crippen molar-refractivity contribution >= 4 is 21.8 Å². The molecule has 21 heavy (non-hydrogen) atoms. The Morgan fingerprint density at radius 3 is 2.62 bits per heavy atom. The zero-order valence-electron chi connectivity index (χ0n) is 13.0. The number of benzene rings is 1. The number of likely N-dealkylation sites (N-methyl/N-ethyl adjacent to an activating group) is 1. The number of hydrogen-bond acceptors (Lipinski definition) is 4. The Hall–Kier alpha value is -1.27. The van der Waals surface area contributed by atoms with Crippen LogP contribution < -0.4 is 20.1 Å². The molecule has 0 saturated heterocycles. The van der Waals surface area contributed by atoms with Crippen molar-refractivity contribution < 1.29 is 14.3 Å². The molecule has 0 radical (unpaired) electrons. The van der Waals surface area contributed by atoms with Gasteiger partial charge in [-0.3, -0.25) is 4.79 Å². The molecule has 0 aromatic heterocycles. The van der Waals surface area contributed by atoms with Gasteiger partial charge in [0.05, 0.1) is 11.6 Å². The van der Waals surface area contributed by atoms with Gasteiger partial charge in [0.25, 0.3) is 5.91 Å². The highest BCUT2D eigenvalue weighted by Crippen LogP contribution is 2.37. The number of methoxy groups -OCH3 is 1. The Bertz CT molecular complexity index is 480. The van der Waals surface area contributed by atoms with Gasteiger partial charge in [0.2, 0.25) is 0 Å². The fraction of sp³-hybridized carbons (Fsp3) is 0.533. The number of hydrogen-bond donors (Lipinski definition) is 2. The van der Waals surface area contributed by atoms with Crippen LogP contribution in [0.5, 0.6) is 11.5 Å². The van der Waals surface area contributed by atoms with Crippen LogP contribution in [0.2, 0.25) is 0 Å². The summed E-state index contributed by atoms with van der Waals surface area (Å²) in [6, 6.07) is 3.87. The number of halogens is 1. The lowest BCUT2D eigenvalue weighted by Crippen LogP contribution is -2.36. The molecule has 118 valence electrons. The molecule has 1 aromatic carbocycles. The second-order valence-corrected chi connectivity index (χ2v) is 5.40. The normalized spacial score (nSPS) is 11.9. The summed E-state index contributed by atoms with van der Waals surface area (Å²) in [5.74, 6) is 0.994. The molecule has 0 bridgehead atoms. The molecule has 6 heteroatoms. The molecule has 1 aromatic rings. The van der Waals surface area contributed by atoms with E-state index in [1.807, 2.05) is 19.1 Å². The zero-order chi connectivity index (χ0) is 15.8. The average molecular weight is 359 g/mol. The summed E-state index contributed by atoms with van der Waals surface area (Å²) in [6.45, 7) is 7.86. The predicted molar refractivity (Wildman–Crippen MR) is 86.8 cm³/mol. The van der Waals surface area contributed by atoms with Gasteiger partial charge in [0.15, 0.2) is 17.6 Å². The summed E-state index contributed by atoms with van der Waals surface area (Å²) < 4.78 is 11.9. The number of nitrogens with one attached hydrogen (secondary N) is 2. The first-order valence-electron chi connectivity index (χ1n) is 7.04. The van der Waals surface area contributed by atoms with E-state index in [0.29, 0.717) is 18.0 Å². The summed E-state index contributed by atoms with van der Waals surface area (Å²) in [6.07, 6.45) is -0.588. The SMILES string of the molecule is CCNCc1cc(Br)c(OC(C)C(=O)NCC)c(OC)c1. The molecule has 0 aliphatic rings. The van der Waals surface area contributed by atoms with Gasteiger partial charge in [-0.2, -0.15) is 0 Å². The average Bonchev–Trinajstić information content (AvgIpc) is 2.47. The fourth-order valence-electron chi connectivity index (χ4n) is 1.81. The standard InChI is InChI=1S/C15H23BrN2O3/c1-5-17-9-11-7-12(16)14(13(8-11)20-4)21-10(3)15(19)18-6-2/h7-8,10,17H,5-6,9H2,1-4H3,(H,18,19). The molecule has 1 rings (SSSR count). The molecule has 0 aliphatic carbocycles.